The number of imidazole rings is 1. The van der Waals surface area contributed by atoms with Gasteiger partial charge in [0.05, 0.1) is 5.69 Å². The largest absolute Gasteiger partial charge is 0.341 e. The molecule has 1 aliphatic carbocycles. The summed E-state index contributed by atoms with van der Waals surface area (Å²) in [7, 11) is 2.07. The smallest absolute Gasteiger partial charge is 0.206 e. The SMILES string of the molecule is CCc1cn(C2CCCCC2)c(N2CCC(NC)C2)n1. The van der Waals surface area contributed by atoms with Crippen molar-refractivity contribution in [3.8, 4) is 0 Å². The van der Waals surface area contributed by atoms with Crippen LogP contribution in [-0.2, 0) is 6.42 Å². The molecule has 4 heteroatoms. The van der Waals surface area contributed by atoms with E-state index in [1.54, 1.807) is 0 Å². The number of hydrogen-bond acceptors (Lipinski definition) is 3. The molecule has 1 N–H and O–H groups in total. The number of hydrogen-bond donors (Lipinski definition) is 1. The molecule has 1 aromatic rings. The van der Waals surface area contributed by atoms with Crippen LogP contribution in [0.25, 0.3) is 0 Å². The van der Waals surface area contributed by atoms with Crippen molar-refractivity contribution in [3.63, 3.8) is 0 Å². The lowest BCUT2D eigenvalue weighted by molar-refractivity contribution is 0.353. The van der Waals surface area contributed by atoms with Crippen LogP contribution in [0.4, 0.5) is 5.95 Å². The first-order chi connectivity index (χ1) is 9.81. The minimum Gasteiger partial charge on any atom is -0.341 e. The molecule has 0 radical (unpaired) electrons. The van der Waals surface area contributed by atoms with Gasteiger partial charge in [0.25, 0.3) is 0 Å². The standard InChI is InChI=1S/C16H28N4/c1-3-13-12-20(15-7-5-4-6-8-15)16(18-13)19-10-9-14(11-19)17-2/h12,14-15,17H,3-11H2,1-2H3. The van der Waals surface area contributed by atoms with Gasteiger partial charge in [-0.2, -0.15) is 0 Å². The van der Waals surface area contributed by atoms with Crippen LogP contribution >= 0.6 is 0 Å². The lowest BCUT2D eigenvalue weighted by atomic mass is 9.95. The molecule has 4 nitrogen and oxygen atoms in total. The minimum absolute atomic E-state index is 0.622. The second-order valence-corrected chi connectivity index (χ2v) is 6.31. The van der Waals surface area contributed by atoms with Crippen LogP contribution in [0.2, 0.25) is 0 Å². The normalized spacial score (nSPS) is 24.5. The zero-order valence-electron chi connectivity index (χ0n) is 12.9. The van der Waals surface area contributed by atoms with Crippen LogP contribution in [0.5, 0.6) is 0 Å². The Labute approximate surface area is 122 Å². The number of nitrogens with zero attached hydrogens (tertiary/aromatic N) is 3. The van der Waals surface area contributed by atoms with E-state index in [0.29, 0.717) is 12.1 Å². The molecule has 0 amide bonds. The van der Waals surface area contributed by atoms with Gasteiger partial charge in [-0.1, -0.05) is 26.2 Å². The molecule has 1 saturated heterocycles. The third kappa shape index (κ3) is 2.71. The lowest BCUT2D eigenvalue weighted by Crippen LogP contribution is -2.31. The molecule has 2 heterocycles. The third-order valence-corrected chi connectivity index (χ3v) is 4.97. The van der Waals surface area contributed by atoms with Crippen molar-refractivity contribution in [1.29, 1.82) is 0 Å². The van der Waals surface area contributed by atoms with Crippen LogP contribution in [0, 0.1) is 0 Å². The van der Waals surface area contributed by atoms with Crippen molar-refractivity contribution >= 4 is 5.95 Å². The van der Waals surface area contributed by atoms with Gasteiger partial charge in [0, 0.05) is 31.4 Å². The predicted octanol–water partition coefficient (Wildman–Crippen LogP) is 2.75. The molecule has 3 rings (SSSR count). The van der Waals surface area contributed by atoms with E-state index in [4.69, 9.17) is 4.98 Å². The van der Waals surface area contributed by atoms with Gasteiger partial charge >= 0.3 is 0 Å². The number of likely N-dealkylation sites (N-methyl/N-ethyl adjacent to an activating group) is 1. The number of anilines is 1. The van der Waals surface area contributed by atoms with E-state index in [1.807, 2.05) is 0 Å². The van der Waals surface area contributed by atoms with Gasteiger partial charge < -0.3 is 14.8 Å². The predicted molar refractivity (Wildman–Crippen MR) is 83.4 cm³/mol. The highest BCUT2D eigenvalue weighted by Crippen LogP contribution is 2.33. The Hall–Kier alpha value is -1.03. The van der Waals surface area contributed by atoms with E-state index < -0.39 is 0 Å². The fourth-order valence-electron chi connectivity index (χ4n) is 3.64. The van der Waals surface area contributed by atoms with Crippen molar-refractivity contribution in [2.45, 2.75) is 64.0 Å². The monoisotopic (exact) mass is 276 g/mol. The van der Waals surface area contributed by atoms with Crippen molar-refractivity contribution in [3.05, 3.63) is 11.9 Å². The van der Waals surface area contributed by atoms with Crippen molar-refractivity contribution in [2.24, 2.45) is 0 Å². The Morgan fingerprint density at radius 2 is 2.05 bits per heavy atom. The molecule has 0 spiro atoms. The number of nitrogens with one attached hydrogen (secondary N) is 1. The van der Waals surface area contributed by atoms with E-state index in [2.05, 4.69) is 35.0 Å². The highest BCUT2D eigenvalue weighted by Gasteiger charge is 2.27. The van der Waals surface area contributed by atoms with Crippen LogP contribution in [0.1, 0.15) is 57.2 Å². The molecule has 112 valence electrons. The summed E-state index contributed by atoms with van der Waals surface area (Å²) in [6, 6.07) is 1.30. The van der Waals surface area contributed by atoms with Crippen molar-refractivity contribution in [1.82, 2.24) is 14.9 Å². The fourth-order valence-corrected chi connectivity index (χ4v) is 3.64. The highest BCUT2D eigenvalue weighted by atomic mass is 15.3. The zero-order valence-corrected chi connectivity index (χ0v) is 12.9. The third-order valence-electron chi connectivity index (χ3n) is 4.97. The van der Waals surface area contributed by atoms with Crippen LogP contribution in [0.3, 0.4) is 0 Å². The van der Waals surface area contributed by atoms with Crippen LogP contribution in [0.15, 0.2) is 6.20 Å². The Kier molecular flexibility index (Phi) is 4.29. The van der Waals surface area contributed by atoms with E-state index in [9.17, 15) is 0 Å². The highest BCUT2D eigenvalue weighted by molar-refractivity contribution is 5.36. The topological polar surface area (TPSA) is 33.1 Å². The molecule has 2 aliphatic rings. The average molecular weight is 276 g/mol. The fraction of sp³-hybridized carbons (Fsp3) is 0.812. The second-order valence-electron chi connectivity index (χ2n) is 6.31. The molecule has 1 aromatic heterocycles. The van der Waals surface area contributed by atoms with Crippen LogP contribution < -0.4 is 10.2 Å². The summed E-state index contributed by atoms with van der Waals surface area (Å²) >= 11 is 0. The van der Waals surface area contributed by atoms with Crippen molar-refractivity contribution < 1.29 is 0 Å². The van der Waals surface area contributed by atoms with Gasteiger partial charge in [-0.05, 0) is 32.7 Å². The second kappa shape index (κ2) is 6.17. The summed E-state index contributed by atoms with van der Waals surface area (Å²) in [5, 5.41) is 3.40. The van der Waals surface area contributed by atoms with Gasteiger partial charge in [-0.15, -0.1) is 0 Å². The summed E-state index contributed by atoms with van der Waals surface area (Å²) in [5.74, 6) is 1.23. The Morgan fingerprint density at radius 1 is 1.25 bits per heavy atom. The summed E-state index contributed by atoms with van der Waals surface area (Å²) in [6.07, 6.45) is 11.4. The maximum Gasteiger partial charge on any atom is 0.206 e. The molecule has 0 aromatic carbocycles. The molecule has 20 heavy (non-hydrogen) atoms. The number of aryl methyl sites for hydroxylation is 1. The van der Waals surface area contributed by atoms with Gasteiger partial charge in [0.15, 0.2) is 0 Å². The number of aromatic nitrogens is 2. The first-order valence-electron chi connectivity index (χ1n) is 8.31. The average Bonchev–Trinajstić information content (AvgIpc) is 3.14. The molecular weight excluding hydrogens is 248 g/mol. The molecule has 1 unspecified atom stereocenters. The van der Waals surface area contributed by atoms with E-state index in [0.717, 1.165) is 19.5 Å². The summed E-state index contributed by atoms with van der Waals surface area (Å²) in [5.41, 5.74) is 1.25. The first kappa shape index (κ1) is 13.9. The van der Waals surface area contributed by atoms with E-state index in [-0.39, 0.29) is 0 Å². The van der Waals surface area contributed by atoms with Gasteiger partial charge in [-0.25, -0.2) is 4.98 Å². The van der Waals surface area contributed by atoms with Gasteiger partial charge in [0.2, 0.25) is 5.95 Å². The van der Waals surface area contributed by atoms with E-state index >= 15 is 0 Å². The lowest BCUT2D eigenvalue weighted by Gasteiger charge is -2.27. The summed E-state index contributed by atoms with van der Waals surface area (Å²) in [6.45, 7) is 4.44. The molecule has 0 bridgehead atoms. The van der Waals surface area contributed by atoms with Crippen molar-refractivity contribution in [2.75, 3.05) is 25.0 Å². The zero-order chi connectivity index (χ0) is 13.9. The first-order valence-corrected chi connectivity index (χ1v) is 8.31. The Morgan fingerprint density at radius 3 is 2.70 bits per heavy atom. The Balaban J connectivity index is 1.83. The Bertz CT molecular complexity index is 434. The molecular formula is C16H28N4. The molecule has 1 aliphatic heterocycles. The number of rotatable bonds is 4. The van der Waals surface area contributed by atoms with Gasteiger partial charge in [-0.3, -0.25) is 0 Å². The maximum atomic E-state index is 4.92. The quantitative estimate of drug-likeness (QED) is 0.918. The maximum absolute atomic E-state index is 4.92. The van der Waals surface area contributed by atoms with E-state index in [1.165, 1.54) is 50.2 Å². The summed E-state index contributed by atoms with van der Waals surface area (Å²) < 4.78 is 2.50. The van der Waals surface area contributed by atoms with Gasteiger partial charge in [0.1, 0.15) is 0 Å². The molecule has 2 fully saturated rings. The molecule has 1 saturated carbocycles. The van der Waals surface area contributed by atoms with Crippen LogP contribution in [-0.4, -0.2) is 35.7 Å². The molecule has 1 atom stereocenters. The summed E-state index contributed by atoms with van der Waals surface area (Å²) in [4.78, 5) is 7.40. The minimum atomic E-state index is 0.622.